The number of nitrogens with zero attached hydrogens (tertiary/aromatic N) is 2. The number of carbonyl (C=O) groups is 3. The number of hydrogen-bond acceptors (Lipinski definition) is 3. The molecule has 2 aliphatic rings. The van der Waals surface area contributed by atoms with Gasteiger partial charge in [0, 0.05) is 43.1 Å². The van der Waals surface area contributed by atoms with Gasteiger partial charge in [-0.15, -0.1) is 0 Å². The van der Waals surface area contributed by atoms with Crippen molar-refractivity contribution in [3.8, 4) is 0 Å². The summed E-state index contributed by atoms with van der Waals surface area (Å²) < 4.78 is 0. The van der Waals surface area contributed by atoms with Crippen LogP contribution in [0.15, 0.2) is 0 Å². The van der Waals surface area contributed by atoms with Gasteiger partial charge in [0.05, 0.1) is 5.92 Å². The molecule has 0 bridgehead atoms. The van der Waals surface area contributed by atoms with Crippen LogP contribution in [-0.2, 0) is 14.4 Å². The number of piperidine rings is 1. The standard InChI is InChI=1S/C19H33N3O3/c1-18(2,3)20-16(24)13-7-9-21(10-8-13)17(25)14-11-15(23)22(12-14)19(4,5)6/h13-14H,7-12H2,1-6H3,(H,20,24). The maximum Gasteiger partial charge on any atom is 0.227 e. The molecule has 2 fully saturated rings. The number of rotatable bonds is 2. The molecule has 0 saturated carbocycles. The lowest BCUT2D eigenvalue weighted by atomic mass is 9.93. The normalized spacial score (nSPS) is 23.1. The molecule has 1 N–H and O–H groups in total. The highest BCUT2D eigenvalue weighted by molar-refractivity contribution is 5.90. The Morgan fingerprint density at radius 1 is 1.00 bits per heavy atom. The highest BCUT2D eigenvalue weighted by Gasteiger charge is 2.41. The van der Waals surface area contributed by atoms with E-state index in [1.807, 2.05) is 46.4 Å². The predicted molar refractivity (Wildman–Crippen MR) is 96.8 cm³/mol. The van der Waals surface area contributed by atoms with Crippen molar-refractivity contribution in [3.63, 3.8) is 0 Å². The zero-order valence-electron chi connectivity index (χ0n) is 16.5. The van der Waals surface area contributed by atoms with Crippen LogP contribution in [0.5, 0.6) is 0 Å². The number of likely N-dealkylation sites (tertiary alicyclic amines) is 2. The summed E-state index contributed by atoms with van der Waals surface area (Å²) in [5, 5.41) is 3.02. The van der Waals surface area contributed by atoms with Crippen molar-refractivity contribution in [1.82, 2.24) is 15.1 Å². The second-order valence-corrected chi connectivity index (χ2v) is 9.42. The number of amides is 3. The van der Waals surface area contributed by atoms with Gasteiger partial charge in [-0.2, -0.15) is 0 Å². The van der Waals surface area contributed by atoms with Crippen LogP contribution in [0.25, 0.3) is 0 Å². The fraction of sp³-hybridized carbons (Fsp3) is 0.842. The van der Waals surface area contributed by atoms with Crippen LogP contribution in [0.3, 0.4) is 0 Å². The molecule has 2 aliphatic heterocycles. The van der Waals surface area contributed by atoms with Gasteiger partial charge in [0.25, 0.3) is 0 Å². The van der Waals surface area contributed by atoms with Gasteiger partial charge in [0.15, 0.2) is 0 Å². The van der Waals surface area contributed by atoms with Crippen LogP contribution in [0, 0.1) is 11.8 Å². The van der Waals surface area contributed by atoms with Crippen molar-refractivity contribution < 1.29 is 14.4 Å². The van der Waals surface area contributed by atoms with Crippen LogP contribution in [-0.4, -0.2) is 58.2 Å². The van der Waals surface area contributed by atoms with Crippen LogP contribution < -0.4 is 5.32 Å². The Hall–Kier alpha value is -1.59. The molecule has 3 amide bonds. The smallest absolute Gasteiger partial charge is 0.227 e. The predicted octanol–water partition coefficient (Wildman–Crippen LogP) is 1.79. The second-order valence-electron chi connectivity index (χ2n) is 9.42. The topological polar surface area (TPSA) is 69.7 Å². The van der Waals surface area contributed by atoms with Crippen molar-refractivity contribution in [2.75, 3.05) is 19.6 Å². The molecule has 0 aromatic heterocycles. The Bertz CT molecular complexity index is 537. The summed E-state index contributed by atoms with van der Waals surface area (Å²) in [6.45, 7) is 13.6. The van der Waals surface area contributed by atoms with Crippen molar-refractivity contribution >= 4 is 17.7 Å². The average Bonchev–Trinajstić information content (AvgIpc) is 2.87. The molecule has 2 rings (SSSR count). The third-order valence-electron chi connectivity index (χ3n) is 4.96. The first-order valence-electron chi connectivity index (χ1n) is 9.30. The molecule has 2 heterocycles. The van der Waals surface area contributed by atoms with Gasteiger partial charge in [-0.3, -0.25) is 14.4 Å². The van der Waals surface area contributed by atoms with Gasteiger partial charge >= 0.3 is 0 Å². The summed E-state index contributed by atoms with van der Waals surface area (Å²) >= 11 is 0. The molecule has 2 saturated heterocycles. The van der Waals surface area contributed by atoms with E-state index in [2.05, 4.69) is 5.32 Å². The number of nitrogens with one attached hydrogen (secondary N) is 1. The summed E-state index contributed by atoms with van der Waals surface area (Å²) in [5.74, 6) is -0.0687. The zero-order valence-corrected chi connectivity index (χ0v) is 16.5. The first-order valence-corrected chi connectivity index (χ1v) is 9.30. The van der Waals surface area contributed by atoms with Crippen LogP contribution in [0.4, 0.5) is 0 Å². The number of carbonyl (C=O) groups excluding carboxylic acids is 3. The largest absolute Gasteiger partial charge is 0.351 e. The second kappa shape index (κ2) is 6.96. The summed E-state index contributed by atoms with van der Waals surface area (Å²) in [6.07, 6.45) is 1.69. The van der Waals surface area contributed by atoms with Gasteiger partial charge in [0.2, 0.25) is 17.7 Å². The van der Waals surface area contributed by atoms with E-state index in [1.54, 1.807) is 4.90 Å². The van der Waals surface area contributed by atoms with Gasteiger partial charge in [-0.05, 0) is 54.4 Å². The van der Waals surface area contributed by atoms with Gasteiger partial charge in [-0.1, -0.05) is 0 Å². The molecule has 0 aromatic rings. The van der Waals surface area contributed by atoms with Crippen molar-refractivity contribution in [2.24, 2.45) is 11.8 Å². The molecule has 6 nitrogen and oxygen atoms in total. The van der Waals surface area contributed by atoms with E-state index < -0.39 is 0 Å². The molecule has 0 spiro atoms. The van der Waals surface area contributed by atoms with Gasteiger partial charge < -0.3 is 15.1 Å². The van der Waals surface area contributed by atoms with Gasteiger partial charge in [0.1, 0.15) is 0 Å². The zero-order chi connectivity index (χ0) is 19.0. The Morgan fingerprint density at radius 2 is 1.56 bits per heavy atom. The van der Waals surface area contributed by atoms with E-state index >= 15 is 0 Å². The van der Waals surface area contributed by atoms with Crippen LogP contribution in [0.2, 0.25) is 0 Å². The third kappa shape index (κ3) is 4.95. The lowest BCUT2D eigenvalue weighted by molar-refractivity contribution is -0.139. The maximum atomic E-state index is 12.8. The monoisotopic (exact) mass is 351 g/mol. The number of hydrogen-bond donors (Lipinski definition) is 1. The van der Waals surface area contributed by atoms with E-state index in [4.69, 9.17) is 0 Å². The quantitative estimate of drug-likeness (QED) is 0.824. The van der Waals surface area contributed by atoms with Crippen LogP contribution >= 0.6 is 0 Å². The maximum absolute atomic E-state index is 12.8. The fourth-order valence-corrected chi connectivity index (χ4v) is 3.61. The van der Waals surface area contributed by atoms with E-state index in [-0.39, 0.29) is 40.6 Å². The van der Waals surface area contributed by atoms with Crippen LogP contribution in [0.1, 0.15) is 60.8 Å². The molecule has 0 aliphatic carbocycles. The van der Waals surface area contributed by atoms with Crippen molar-refractivity contribution in [1.29, 1.82) is 0 Å². The summed E-state index contributed by atoms with van der Waals surface area (Å²) in [7, 11) is 0. The Balaban J connectivity index is 1.88. The molecule has 0 aromatic carbocycles. The third-order valence-corrected chi connectivity index (χ3v) is 4.96. The molecule has 6 heteroatoms. The lowest BCUT2D eigenvalue weighted by Gasteiger charge is -2.35. The average molecular weight is 351 g/mol. The minimum absolute atomic E-state index is 0.0282. The van der Waals surface area contributed by atoms with E-state index in [9.17, 15) is 14.4 Å². The lowest BCUT2D eigenvalue weighted by Crippen LogP contribution is -2.49. The van der Waals surface area contributed by atoms with E-state index in [0.717, 1.165) is 0 Å². The minimum Gasteiger partial charge on any atom is -0.351 e. The Morgan fingerprint density at radius 3 is 2.00 bits per heavy atom. The highest BCUT2D eigenvalue weighted by Crippen LogP contribution is 2.28. The molecule has 1 unspecified atom stereocenters. The van der Waals surface area contributed by atoms with Crippen molar-refractivity contribution in [2.45, 2.75) is 71.9 Å². The molecular weight excluding hydrogens is 318 g/mol. The highest BCUT2D eigenvalue weighted by atomic mass is 16.2. The van der Waals surface area contributed by atoms with E-state index in [0.29, 0.717) is 38.9 Å². The summed E-state index contributed by atoms with van der Waals surface area (Å²) in [4.78, 5) is 40.9. The Kier molecular flexibility index (Phi) is 5.50. The van der Waals surface area contributed by atoms with Crippen molar-refractivity contribution in [3.05, 3.63) is 0 Å². The first kappa shape index (κ1) is 19.7. The fourth-order valence-electron chi connectivity index (χ4n) is 3.61. The Labute approximate surface area is 151 Å². The molecule has 1 atom stereocenters. The van der Waals surface area contributed by atoms with Gasteiger partial charge in [-0.25, -0.2) is 0 Å². The van der Waals surface area contributed by atoms with E-state index in [1.165, 1.54) is 0 Å². The molecule has 142 valence electrons. The first-order chi connectivity index (χ1) is 11.4. The molecule has 0 radical (unpaired) electrons. The minimum atomic E-state index is -0.246. The molecular formula is C19H33N3O3. The molecule has 25 heavy (non-hydrogen) atoms. The summed E-state index contributed by atoms with van der Waals surface area (Å²) in [5.41, 5.74) is -0.477. The SMILES string of the molecule is CC(C)(C)NC(=O)C1CCN(C(=O)C2CC(=O)N(C(C)(C)C)C2)CC1. The summed E-state index contributed by atoms with van der Waals surface area (Å²) in [6, 6.07) is 0.